The number of halogens is 1. The number of hydrogen-bond acceptors (Lipinski definition) is 3. The average molecular weight is 312 g/mol. The van der Waals surface area contributed by atoms with Crippen molar-refractivity contribution >= 4 is 30.1 Å². The maximum atomic E-state index is 12.1. The zero-order valence-electron chi connectivity index (χ0n) is 12.6. The highest BCUT2D eigenvalue weighted by Gasteiger charge is 2.18. The fourth-order valence-corrected chi connectivity index (χ4v) is 2.38. The van der Waals surface area contributed by atoms with Gasteiger partial charge in [0.15, 0.2) is 0 Å². The van der Waals surface area contributed by atoms with Gasteiger partial charge in [-0.1, -0.05) is 44.7 Å². The Balaban J connectivity index is 2.65. The van der Waals surface area contributed by atoms with Crippen molar-refractivity contribution in [1.82, 2.24) is 5.32 Å². The molecule has 21 heavy (non-hydrogen) atoms. The molecule has 1 amide bonds. The van der Waals surface area contributed by atoms with Crippen LogP contribution in [0.25, 0.3) is 0 Å². The van der Waals surface area contributed by atoms with Crippen LogP contribution in [0.1, 0.15) is 49.9 Å². The highest BCUT2D eigenvalue weighted by atomic mass is 35.5. The van der Waals surface area contributed by atoms with Crippen molar-refractivity contribution in [3.63, 3.8) is 0 Å². The summed E-state index contributed by atoms with van der Waals surface area (Å²) in [5.41, 5.74) is 0.523. The molecule has 3 N–H and O–H groups in total. The van der Waals surface area contributed by atoms with Crippen LogP contribution in [0.2, 0.25) is 5.02 Å². The van der Waals surface area contributed by atoms with Crippen LogP contribution in [0.4, 0.5) is 0 Å². The highest BCUT2D eigenvalue weighted by molar-refractivity contribution is 6.62. The van der Waals surface area contributed by atoms with Gasteiger partial charge in [-0.15, -0.1) is 0 Å². The molecule has 1 atom stereocenters. The lowest BCUT2D eigenvalue weighted by atomic mass is 9.79. The number of carbonyl (C=O) groups is 1. The SMILES string of the molecule is CCCCC(CC)CNC(=O)c1ccc(Cl)c(B(O)O)c1. The van der Waals surface area contributed by atoms with Gasteiger partial charge >= 0.3 is 7.12 Å². The Bertz CT molecular complexity index is 468. The van der Waals surface area contributed by atoms with E-state index >= 15 is 0 Å². The van der Waals surface area contributed by atoms with Crippen molar-refractivity contribution in [1.29, 1.82) is 0 Å². The van der Waals surface area contributed by atoms with E-state index in [9.17, 15) is 14.8 Å². The minimum Gasteiger partial charge on any atom is -0.423 e. The van der Waals surface area contributed by atoms with E-state index in [2.05, 4.69) is 19.2 Å². The predicted octanol–water partition coefficient (Wildman–Crippen LogP) is 1.97. The molecule has 116 valence electrons. The lowest BCUT2D eigenvalue weighted by molar-refractivity contribution is 0.0946. The van der Waals surface area contributed by atoms with Crippen molar-refractivity contribution in [2.24, 2.45) is 5.92 Å². The van der Waals surface area contributed by atoms with Crippen LogP contribution in [-0.2, 0) is 0 Å². The van der Waals surface area contributed by atoms with E-state index in [1.165, 1.54) is 12.1 Å². The molecule has 0 heterocycles. The number of carbonyl (C=O) groups excluding carboxylic acids is 1. The maximum Gasteiger partial charge on any atom is 0.489 e. The average Bonchev–Trinajstić information content (AvgIpc) is 2.47. The van der Waals surface area contributed by atoms with Crippen molar-refractivity contribution in [3.05, 3.63) is 28.8 Å². The van der Waals surface area contributed by atoms with E-state index in [0.29, 0.717) is 18.0 Å². The number of amides is 1. The molecule has 1 aromatic carbocycles. The Hall–Kier alpha value is -1.04. The molecule has 0 aromatic heterocycles. The second-order valence-electron chi connectivity index (χ2n) is 5.24. The largest absolute Gasteiger partial charge is 0.489 e. The number of nitrogens with one attached hydrogen (secondary N) is 1. The first-order chi connectivity index (χ1) is 9.99. The van der Waals surface area contributed by atoms with Gasteiger partial charge in [0.05, 0.1) is 0 Å². The van der Waals surface area contributed by atoms with Gasteiger partial charge < -0.3 is 15.4 Å². The van der Waals surface area contributed by atoms with Gasteiger partial charge in [-0.3, -0.25) is 4.79 Å². The molecule has 0 saturated carbocycles. The molecule has 0 aliphatic carbocycles. The van der Waals surface area contributed by atoms with E-state index in [0.717, 1.165) is 25.7 Å². The van der Waals surface area contributed by atoms with Gasteiger partial charge in [0, 0.05) is 22.6 Å². The molecule has 6 heteroatoms. The second kappa shape index (κ2) is 9.08. The van der Waals surface area contributed by atoms with E-state index in [1.807, 2.05) is 0 Å². The van der Waals surface area contributed by atoms with Gasteiger partial charge in [-0.2, -0.15) is 0 Å². The summed E-state index contributed by atoms with van der Waals surface area (Å²) in [4.78, 5) is 12.1. The third-order valence-electron chi connectivity index (χ3n) is 3.63. The smallest absolute Gasteiger partial charge is 0.423 e. The molecular weight excluding hydrogens is 288 g/mol. The molecule has 0 bridgehead atoms. The van der Waals surface area contributed by atoms with Crippen LogP contribution in [0.3, 0.4) is 0 Å². The first-order valence-electron chi connectivity index (χ1n) is 7.43. The first-order valence-corrected chi connectivity index (χ1v) is 7.81. The van der Waals surface area contributed by atoms with Crippen molar-refractivity contribution in [2.75, 3.05) is 6.54 Å². The standard InChI is InChI=1S/C15H23BClNO3/c1-3-5-6-11(4-2)10-18-15(19)12-7-8-14(17)13(9-12)16(20)21/h7-9,11,20-21H,3-6,10H2,1-2H3,(H,18,19). The lowest BCUT2D eigenvalue weighted by Crippen LogP contribution is -2.34. The number of benzene rings is 1. The van der Waals surface area contributed by atoms with Crippen LogP contribution in [-0.4, -0.2) is 29.6 Å². The van der Waals surface area contributed by atoms with E-state index in [1.54, 1.807) is 6.07 Å². The van der Waals surface area contributed by atoms with Crippen LogP contribution >= 0.6 is 11.6 Å². The third kappa shape index (κ3) is 5.69. The summed E-state index contributed by atoms with van der Waals surface area (Å²) in [5, 5.41) is 21.5. The Morgan fingerprint density at radius 1 is 1.38 bits per heavy atom. The van der Waals surface area contributed by atoms with Crippen LogP contribution in [0.5, 0.6) is 0 Å². The summed E-state index contributed by atoms with van der Waals surface area (Å²) < 4.78 is 0. The van der Waals surface area contributed by atoms with Crippen molar-refractivity contribution in [3.8, 4) is 0 Å². The monoisotopic (exact) mass is 311 g/mol. The van der Waals surface area contributed by atoms with Gasteiger partial charge in [0.1, 0.15) is 0 Å². The Morgan fingerprint density at radius 3 is 2.67 bits per heavy atom. The quantitative estimate of drug-likeness (QED) is 0.643. The lowest BCUT2D eigenvalue weighted by Gasteiger charge is -2.15. The zero-order chi connectivity index (χ0) is 15.8. The molecule has 4 nitrogen and oxygen atoms in total. The summed E-state index contributed by atoms with van der Waals surface area (Å²) in [7, 11) is -1.68. The normalized spacial score (nSPS) is 12.0. The number of hydrogen-bond donors (Lipinski definition) is 3. The van der Waals surface area contributed by atoms with E-state index < -0.39 is 7.12 Å². The highest BCUT2D eigenvalue weighted by Crippen LogP contribution is 2.12. The Labute approximate surface area is 131 Å². The van der Waals surface area contributed by atoms with Gasteiger partial charge in [-0.25, -0.2) is 0 Å². The van der Waals surface area contributed by atoms with Gasteiger partial charge in [-0.05, 0) is 30.5 Å². The second-order valence-corrected chi connectivity index (χ2v) is 5.64. The minimum atomic E-state index is -1.68. The molecule has 1 rings (SSSR count). The first kappa shape index (κ1) is 18.0. The molecule has 1 aromatic rings. The molecule has 0 radical (unpaired) electrons. The predicted molar refractivity (Wildman–Crippen MR) is 86.9 cm³/mol. The van der Waals surface area contributed by atoms with Crippen LogP contribution < -0.4 is 10.8 Å². The molecule has 0 aliphatic rings. The third-order valence-corrected chi connectivity index (χ3v) is 3.98. The van der Waals surface area contributed by atoms with Crippen molar-refractivity contribution < 1.29 is 14.8 Å². The van der Waals surface area contributed by atoms with E-state index in [4.69, 9.17) is 11.6 Å². The van der Waals surface area contributed by atoms with Crippen LogP contribution in [0, 0.1) is 5.92 Å². The Morgan fingerprint density at radius 2 is 2.10 bits per heavy atom. The van der Waals surface area contributed by atoms with Gasteiger partial charge in [0.2, 0.25) is 0 Å². The summed E-state index contributed by atoms with van der Waals surface area (Å²) in [6.07, 6.45) is 4.45. The molecule has 0 spiro atoms. The molecule has 0 fully saturated rings. The molecule has 1 unspecified atom stereocenters. The fraction of sp³-hybridized carbons (Fsp3) is 0.533. The number of rotatable bonds is 8. The maximum absolute atomic E-state index is 12.1. The summed E-state index contributed by atoms with van der Waals surface area (Å²) in [6, 6.07) is 4.49. The summed E-state index contributed by atoms with van der Waals surface area (Å²) in [5.74, 6) is 0.257. The zero-order valence-corrected chi connectivity index (χ0v) is 13.4. The minimum absolute atomic E-state index is 0.141. The van der Waals surface area contributed by atoms with E-state index in [-0.39, 0.29) is 16.4 Å². The summed E-state index contributed by atoms with van der Waals surface area (Å²) in [6.45, 7) is 4.91. The fourth-order valence-electron chi connectivity index (χ4n) is 2.17. The Kier molecular flexibility index (Phi) is 7.79. The topological polar surface area (TPSA) is 69.6 Å². The molecule has 0 saturated heterocycles. The summed E-state index contributed by atoms with van der Waals surface area (Å²) >= 11 is 5.85. The molecular formula is C15H23BClNO3. The van der Waals surface area contributed by atoms with Crippen molar-refractivity contribution in [2.45, 2.75) is 39.5 Å². The van der Waals surface area contributed by atoms with Crippen LogP contribution in [0.15, 0.2) is 18.2 Å². The van der Waals surface area contributed by atoms with Gasteiger partial charge in [0.25, 0.3) is 5.91 Å². The number of unbranched alkanes of at least 4 members (excludes halogenated alkanes) is 1. The molecule has 0 aliphatic heterocycles.